The predicted molar refractivity (Wildman–Crippen MR) is 88.1 cm³/mol. The van der Waals surface area contributed by atoms with E-state index >= 15 is 0 Å². The van der Waals surface area contributed by atoms with Crippen LogP contribution in [-0.2, 0) is 23.6 Å². The van der Waals surface area contributed by atoms with Crippen LogP contribution in [0.2, 0.25) is 0 Å². The maximum atomic E-state index is 12.4. The number of rotatable bonds is 6. The highest BCUT2D eigenvalue weighted by Crippen LogP contribution is 2.17. The molecule has 1 fully saturated rings. The molecule has 1 saturated heterocycles. The summed E-state index contributed by atoms with van der Waals surface area (Å²) in [6.45, 7) is 3.53. The lowest BCUT2D eigenvalue weighted by Gasteiger charge is -2.13. The Bertz CT molecular complexity index is 812. The van der Waals surface area contributed by atoms with Crippen LogP contribution < -0.4 is 14.8 Å². The first-order valence-electron chi connectivity index (χ1n) is 7.76. The second kappa shape index (κ2) is 6.88. The maximum absolute atomic E-state index is 12.4. The molecule has 0 saturated carbocycles. The minimum atomic E-state index is -3.63. The van der Waals surface area contributed by atoms with Gasteiger partial charge in [-0.25, -0.2) is 13.1 Å². The van der Waals surface area contributed by atoms with E-state index in [9.17, 15) is 8.42 Å². The molecule has 0 aromatic carbocycles. The predicted octanol–water partition coefficient (Wildman–Crippen LogP) is 0.343. The van der Waals surface area contributed by atoms with E-state index in [-0.39, 0.29) is 17.5 Å². The van der Waals surface area contributed by atoms with Gasteiger partial charge in [-0.1, -0.05) is 0 Å². The minimum absolute atomic E-state index is 0.0940. The zero-order valence-electron chi connectivity index (χ0n) is 13.7. The molecule has 3 heterocycles. The average molecular weight is 351 g/mol. The molecule has 1 atom stereocenters. The fourth-order valence-electron chi connectivity index (χ4n) is 2.64. The van der Waals surface area contributed by atoms with Gasteiger partial charge >= 0.3 is 0 Å². The average Bonchev–Trinajstić information content (AvgIpc) is 3.15. The van der Waals surface area contributed by atoms with Crippen LogP contribution in [0.3, 0.4) is 0 Å². The molecule has 130 valence electrons. The molecule has 0 spiro atoms. The summed E-state index contributed by atoms with van der Waals surface area (Å²) in [6.07, 6.45) is 4.22. The van der Waals surface area contributed by atoms with Crippen molar-refractivity contribution in [2.75, 3.05) is 13.1 Å². The minimum Gasteiger partial charge on any atom is -0.489 e. The van der Waals surface area contributed by atoms with E-state index in [0.717, 1.165) is 19.5 Å². The van der Waals surface area contributed by atoms with Crippen LogP contribution in [-0.4, -0.2) is 42.4 Å². The number of aromatic nitrogens is 3. The molecule has 0 aliphatic carbocycles. The van der Waals surface area contributed by atoms with Gasteiger partial charge in [0, 0.05) is 32.1 Å². The van der Waals surface area contributed by atoms with E-state index < -0.39 is 10.0 Å². The van der Waals surface area contributed by atoms with Crippen LogP contribution in [0.15, 0.2) is 29.4 Å². The fraction of sp³-hybridized carbons (Fsp3) is 0.467. The summed E-state index contributed by atoms with van der Waals surface area (Å²) in [7, 11) is -1.94. The van der Waals surface area contributed by atoms with E-state index in [1.54, 1.807) is 32.3 Å². The van der Waals surface area contributed by atoms with Crippen LogP contribution in [0.5, 0.6) is 5.75 Å². The molecular weight excluding hydrogens is 330 g/mol. The number of nitrogens with one attached hydrogen (secondary N) is 2. The third-order valence-electron chi connectivity index (χ3n) is 3.81. The molecular formula is C15H21N5O3S. The lowest BCUT2D eigenvalue weighted by Crippen LogP contribution is -2.24. The van der Waals surface area contributed by atoms with Gasteiger partial charge in [-0.2, -0.15) is 5.10 Å². The van der Waals surface area contributed by atoms with Gasteiger partial charge in [-0.15, -0.1) is 0 Å². The first-order chi connectivity index (χ1) is 11.4. The van der Waals surface area contributed by atoms with E-state index in [2.05, 4.69) is 20.1 Å². The second-order valence-corrected chi connectivity index (χ2v) is 7.53. The normalized spacial score (nSPS) is 18.0. The zero-order chi connectivity index (χ0) is 17.2. The Labute approximate surface area is 141 Å². The first kappa shape index (κ1) is 16.9. The van der Waals surface area contributed by atoms with Crippen molar-refractivity contribution in [3.63, 3.8) is 0 Å². The lowest BCUT2D eigenvalue weighted by atomic mass is 10.3. The zero-order valence-corrected chi connectivity index (χ0v) is 14.5. The summed E-state index contributed by atoms with van der Waals surface area (Å²) in [6, 6.07) is 3.54. The topological polar surface area (TPSA) is 98.1 Å². The van der Waals surface area contributed by atoms with Crippen LogP contribution in [0.1, 0.15) is 17.8 Å². The molecule has 24 heavy (non-hydrogen) atoms. The van der Waals surface area contributed by atoms with E-state index in [1.165, 1.54) is 10.9 Å². The fourth-order valence-corrected chi connectivity index (χ4v) is 3.85. The van der Waals surface area contributed by atoms with Gasteiger partial charge in [0.2, 0.25) is 10.0 Å². The molecule has 9 heteroatoms. The van der Waals surface area contributed by atoms with Crippen LogP contribution in [0.4, 0.5) is 0 Å². The van der Waals surface area contributed by atoms with Crippen molar-refractivity contribution >= 4 is 10.0 Å². The molecule has 3 rings (SSSR count). The molecule has 1 aliphatic rings. The number of nitrogens with zero attached hydrogens (tertiary/aromatic N) is 3. The highest BCUT2D eigenvalue weighted by Gasteiger charge is 2.20. The number of hydrogen-bond acceptors (Lipinski definition) is 6. The Balaban J connectivity index is 1.66. The monoisotopic (exact) mass is 351 g/mol. The molecule has 2 N–H and O–H groups in total. The molecule has 0 radical (unpaired) electrons. The molecule has 0 bridgehead atoms. The number of hydrogen-bond donors (Lipinski definition) is 2. The van der Waals surface area contributed by atoms with E-state index in [1.807, 2.05) is 0 Å². The largest absolute Gasteiger partial charge is 0.489 e. The number of ether oxygens (including phenoxy) is 1. The molecule has 0 amide bonds. The van der Waals surface area contributed by atoms with Gasteiger partial charge in [0.25, 0.3) is 0 Å². The Hall–Kier alpha value is -1.97. The van der Waals surface area contributed by atoms with E-state index in [4.69, 9.17) is 4.74 Å². The van der Waals surface area contributed by atoms with Crippen molar-refractivity contribution in [1.82, 2.24) is 24.8 Å². The van der Waals surface area contributed by atoms with Crippen LogP contribution in [0.25, 0.3) is 0 Å². The van der Waals surface area contributed by atoms with Crippen molar-refractivity contribution in [3.05, 3.63) is 35.9 Å². The number of sulfonamides is 1. The smallest absolute Gasteiger partial charge is 0.244 e. The van der Waals surface area contributed by atoms with Gasteiger partial charge in [-0.3, -0.25) is 9.67 Å². The Morgan fingerprint density at radius 2 is 2.33 bits per heavy atom. The SMILES string of the molecule is Cc1nn(C)cc1S(=O)(=O)NCc1cc(OC2CCNC2)ccn1. The highest BCUT2D eigenvalue weighted by atomic mass is 32.2. The van der Waals surface area contributed by atoms with Gasteiger partial charge in [-0.05, 0) is 26.0 Å². The number of aryl methyl sites for hydroxylation is 2. The van der Waals surface area contributed by atoms with Crippen LogP contribution >= 0.6 is 0 Å². The van der Waals surface area contributed by atoms with Gasteiger partial charge in [0.15, 0.2) is 0 Å². The second-order valence-electron chi connectivity index (χ2n) is 5.79. The van der Waals surface area contributed by atoms with Crippen molar-refractivity contribution in [3.8, 4) is 5.75 Å². The summed E-state index contributed by atoms with van der Waals surface area (Å²) in [4.78, 5) is 4.37. The molecule has 8 nitrogen and oxygen atoms in total. The van der Waals surface area contributed by atoms with E-state index in [0.29, 0.717) is 17.1 Å². The van der Waals surface area contributed by atoms with Gasteiger partial charge < -0.3 is 10.1 Å². The molecule has 1 unspecified atom stereocenters. The van der Waals surface area contributed by atoms with Crippen molar-refractivity contribution in [2.24, 2.45) is 7.05 Å². The van der Waals surface area contributed by atoms with Crippen molar-refractivity contribution < 1.29 is 13.2 Å². The summed E-state index contributed by atoms with van der Waals surface area (Å²) in [5, 5.41) is 7.30. The van der Waals surface area contributed by atoms with Crippen molar-refractivity contribution in [2.45, 2.75) is 30.9 Å². The Morgan fingerprint density at radius 1 is 1.50 bits per heavy atom. The maximum Gasteiger partial charge on any atom is 0.244 e. The Morgan fingerprint density at radius 3 is 3.00 bits per heavy atom. The highest BCUT2D eigenvalue weighted by molar-refractivity contribution is 7.89. The third kappa shape index (κ3) is 3.92. The summed E-state index contributed by atoms with van der Waals surface area (Å²) < 4.78 is 34.6. The molecule has 1 aliphatic heterocycles. The van der Waals surface area contributed by atoms with Gasteiger partial charge in [0.05, 0.1) is 17.9 Å². The third-order valence-corrected chi connectivity index (χ3v) is 5.31. The van der Waals surface area contributed by atoms with Gasteiger partial charge in [0.1, 0.15) is 16.7 Å². The van der Waals surface area contributed by atoms with Crippen molar-refractivity contribution in [1.29, 1.82) is 0 Å². The summed E-state index contributed by atoms with van der Waals surface area (Å²) in [5.41, 5.74) is 1.06. The molecule has 2 aromatic heterocycles. The Kier molecular flexibility index (Phi) is 4.83. The molecule has 2 aromatic rings. The summed E-state index contributed by atoms with van der Waals surface area (Å²) in [5.74, 6) is 0.699. The standard InChI is InChI=1S/C15H21N5O3S/c1-11-15(10-20(2)19-11)24(21,22)18-8-12-7-13(4-6-17-12)23-14-3-5-16-9-14/h4,6-7,10,14,16,18H,3,5,8-9H2,1-2H3. The van der Waals surface area contributed by atoms with Crippen LogP contribution in [0, 0.1) is 6.92 Å². The first-order valence-corrected chi connectivity index (χ1v) is 9.24. The number of pyridine rings is 1. The quantitative estimate of drug-likeness (QED) is 0.779. The lowest BCUT2D eigenvalue weighted by molar-refractivity contribution is 0.222. The summed E-state index contributed by atoms with van der Waals surface area (Å²) >= 11 is 0.